The second kappa shape index (κ2) is 4.90. The minimum absolute atomic E-state index is 0.232. The molecule has 1 aromatic rings. The molecule has 2 aliphatic heterocycles. The van der Waals surface area contributed by atoms with Crippen molar-refractivity contribution in [1.29, 1.82) is 0 Å². The van der Waals surface area contributed by atoms with Crippen LogP contribution in [0.1, 0.15) is 25.3 Å². The van der Waals surface area contributed by atoms with Crippen LogP contribution >= 0.6 is 0 Å². The van der Waals surface area contributed by atoms with Crippen LogP contribution in [0.2, 0.25) is 0 Å². The summed E-state index contributed by atoms with van der Waals surface area (Å²) in [5.41, 5.74) is 8.47. The molecule has 3 atom stereocenters. The van der Waals surface area contributed by atoms with Gasteiger partial charge in [-0.3, -0.25) is 0 Å². The van der Waals surface area contributed by atoms with Crippen LogP contribution < -0.4 is 10.6 Å². The molecular weight excluding hydrogens is 224 g/mol. The highest BCUT2D eigenvalue weighted by Gasteiger charge is 2.33. The van der Waals surface area contributed by atoms with Crippen LogP contribution in [-0.2, 0) is 11.2 Å². The summed E-state index contributed by atoms with van der Waals surface area (Å²) in [6, 6.07) is 9.09. The average molecular weight is 246 g/mol. The molecule has 18 heavy (non-hydrogen) atoms. The van der Waals surface area contributed by atoms with E-state index in [0.717, 1.165) is 19.5 Å². The minimum atomic E-state index is 0.232. The first-order chi connectivity index (χ1) is 8.70. The third-order valence-electron chi connectivity index (χ3n) is 3.90. The van der Waals surface area contributed by atoms with E-state index in [-0.39, 0.29) is 6.04 Å². The van der Waals surface area contributed by atoms with Crippen LogP contribution in [0, 0.1) is 0 Å². The Morgan fingerprint density at radius 1 is 1.22 bits per heavy atom. The van der Waals surface area contributed by atoms with E-state index < -0.39 is 0 Å². The maximum Gasteiger partial charge on any atom is 0.0755 e. The first kappa shape index (κ1) is 12.0. The van der Waals surface area contributed by atoms with E-state index in [1.165, 1.54) is 24.1 Å². The van der Waals surface area contributed by atoms with Gasteiger partial charge in [-0.05, 0) is 43.9 Å². The van der Waals surface area contributed by atoms with E-state index >= 15 is 0 Å². The number of morpholine rings is 1. The van der Waals surface area contributed by atoms with Crippen molar-refractivity contribution in [3.05, 3.63) is 29.8 Å². The fourth-order valence-electron chi connectivity index (χ4n) is 3.04. The summed E-state index contributed by atoms with van der Waals surface area (Å²) in [4.78, 5) is 2.46. The van der Waals surface area contributed by atoms with Gasteiger partial charge in [0.1, 0.15) is 0 Å². The minimum Gasteiger partial charge on any atom is -0.371 e. The van der Waals surface area contributed by atoms with Gasteiger partial charge in [0.25, 0.3) is 0 Å². The van der Waals surface area contributed by atoms with E-state index in [9.17, 15) is 0 Å². The van der Waals surface area contributed by atoms with Gasteiger partial charge in [-0.2, -0.15) is 0 Å². The molecule has 2 fully saturated rings. The lowest BCUT2D eigenvalue weighted by atomic mass is 10.1. The van der Waals surface area contributed by atoms with Crippen molar-refractivity contribution in [3.63, 3.8) is 0 Å². The number of rotatable bonds is 3. The van der Waals surface area contributed by atoms with Gasteiger partial charge in [0.15, 0.2) is 0 Å². The van der Waals surface area contributed by atoms with E-state index in [1.807, 2.05) is 6.92 Å². The predicted octanol–water partition coefficient (Wildman–Crippen LogP) is 1.94. The quantitative estimate of drug-likeness (QED) is 0.886. The highest BCUT2D eigenvalue weighted by molar-refractivity contribution is 5.48. The second-order valence-corrected chi connectivity index (χ2v) is 5.71. The Kier molecular flexibility index (Phi) is 3.27. The lowest BCUT2D eigenvalue weighted by Crippen LogP contribution is -2.42. The van der Waals surface area contributed by atoms with Crippen LogP contribution in [0.5, 0.6) is 0 Å². The second-order valence-electron chi connectivity index (χ2n) is 5.71. The maximum absolute atomic E-state index is 5.87. The highest BCUT2D eigenvalue weighted by Crippen LogP contribution is 2.29. The molecule has 0 aromatic heterocycles. The smallest absolute Gasteiger partial charge is 0.0755 e. The van der Waals surface area contributed by atoms with Crippen LogP contribution in [0.4, 0.5) is 5.69 Å². The van der Waals surface area contributed by atoms with Gasteiger partial charge in [-0.25, -0.2) is 0 Å². The lowest BCUT2D eigenvalue weighted by Gasteiger charge is -2.34. The predicted molar refractivity (Wildman–Crippen MR) is 73.9 cm³/mol. The molecule has 0 saturated carbocycles. The van der Waals surface area contributed by atoms with Crippen molar-refractivity contribution in [2.24, 2.45) is 5.73 Å². The zero-order chi connectivity index (χ0) is 12.5. The van der Waals surface area contributed by atoms with Crippen LogP contribution in [-0.4, -0.2) is 31.3 Å². The summed E-state index contributed by atoms with van der Waals surface area (Å²) < 4.78 is 5.87. The van der Waals surface area contributed by atoms with Crippen molar-refractivity contribution < 1.29 is 4.74 Å². The molecule has 2 aliphatic rings. The van der Waals surface area contributed by atoms with Crippen LogP contribution in [0.3, 0.4) is 0 Å². The lowest BCUT2D eigenvalue weighted by molar-refractivity contribution is 0.0305. The zero-order valence-electron chi connectivity index (χ0n) is 11.0. The van der Waals surface area contributed by atoms with E-state index in [0.29, 0.717) is 12.2 Å². The SMILES string of the molecule is CC(N)Cc1ccc(N2CC3CCC(C2)O3)cc1. The van der Waals surface area contributed by atoms with Gasteiger partial charge in [0, 0.05) is 24.8 Å². The highest BCUT2D eigenvalue weighted by atomic mass is 16.5. The summed E-state index contributed by atoms with van der Waals surface area (Å²) in [6.07, 6.45) is 4.31. The maximum atomic E-state index is 5.87. The molecule has 98 valence electrons. The van der Waals surface area contributed by atoms with Gasteiger partial charge >= 0.3 is 0 Å². The fourth-order valence-corrected chi connectivity index (χ4v) is 3.04. The van der Waals surface area contributed by atoms with Crippen LogP contribution in [0.15, 0.2) is 24.3 Å². The van der Waals surface area contributed by atoms with Crippen molar-refractivity contribution in [2.45, 2.75) is 44.4 Å². The Morgan fingerprint density at radius 3 is 2.39 bits per heavy atom. The van der Waals surface area contributed by atoms with Crippen molar-refractivity contribution in [1.82, 2.24) is 0 Å². The first-order valence-electron chi connectivity index (χ1n) is 6.95. The molecule has 2 heterocycles. The van der Waals surface area contributed by atoms with Gasteiger partial charge < -0.3 is 15.4 Å². The van der Waals surface area contributed by atoms with Crippen LogP contribution in [0.25, 0.3) is 0 Å². The molecule has 3 nitrogen and oxygen atoms in total. The van der Waals surface area contributed by atoms with Gasteiger partial charge in [-0.1, -0.05) is 12.1 Å². The van der Waals surface area contributed by atoms with Gasteiger partial charge in [-0.15, -0.1) is 0 Å². The summed E-state index contributed by atoms with van der Waals surface area (Å²) in [7, 11) is 0. The molecule has 2 saturated heterocycles. The third-order valence-corrected chi connectivity index (χ3v) is 3.90. The average Bonchev–Trinajstić information content (AvgIpc) is 2.68. The number of fused-ring (bicyclic) bond motifs is 2. The largest absolute Gasteiger partial charge is 0.371 e. The molecular formula is C15H22N2O. The molecule has 3 rings (SSSR count). The van der Waals surface area contributed by atoms with Crippen molar-refractivity contribution in [3.8, 4) is 0 Å². The Hall–Kier alpha value is -1.06. The standard InChI is InChI=1S/C15H22N2O/c1-11(16)8-12-2-4-13(5-3-12)17-9-14-6-7-15(10-17)18-14/h2-5,11,14-15H,6-10,16H2,1H3. The number of benzene rings is 1. The summed E-state index contributed by atoms with van der Waals surface area (Å²) in [6.45, 7) is 4.14. The van der Waals surface area contributed by atoms with Gasteiger partial charge in [0.2, 0.25) is 0 Å². The topological polar surface area (TPSA) is 38.5 Å². The number of ether oxygens (including phenoxy) is 1. The molecule has 1 aromatic carbocycles. The molecule has 0 spiro atoms. The summed E-state index contributed by atoms with van der Waals surface area (Å²) >= 11 is 0. The number of hydrogen-bond donors (Lipinski definition) is 1. The zero-order valence-corrected chi connectivity index (χ0v) is 11.0. The first-order valence-corrected chi connectivity index (χ1v) is 6.95. The van der Waals surface area contributed by atoms with E-state index in [4.69, 9.17) is 10.5 Å². The molecule has 3 heteroatoms. The Bertz CT molecular complexity index is 389. The molecule has 2 bridgehead atoms. The molecule has 0 radical (unpaired) electrons. The Balaban J connectivity index is 1.69. The van der Waals surface area contributed by atoms with E-state index in [1.54, 1.807) is 0 Å². The molecule has 3 unspecified atom stereocenters. The van der Waals surface area contributed by atoms with Crippen molar-refractivity contribution >= 4 is 5.69 Å². The van der Waals surface area contributed by atoms with Crippen molar-refractivity contribution in [2.75, 3.05) is 18.0 Å². The van der Waals surface area contributed by atoms with Gasteiger partial charge in [0.05, 0.1) is 12.2 Å². The number of nitrogens with two attached hydrogens (primary N) is 1. The normalized spacial score (nSPS) is 28.4. The summed E-state index contributed by atoms with van der Waals surface area (Å²) in [5, 5.41) is 0. The fraction of sp³-hybridized carbons (Fsp3) is 0.600. The Morgan fingerprint density at radius 2 is 1.83 bits per heavy atom. The molecule has 2 N–H and O–H groups in total. The monoisotopic (exact) mass is 246 g/mol. The number of hydrogen-bond acceptors (Lipinski definition) is 3. The Labute approximate surface area is 109 Å². The third kappa shape index (κ3) is 2.52. The number of anilines is 1. The van der Waals surface area contributed by atoms with E-state index in [2.05, 4.69) is 29.2 Å². The molecule has 0 aliphatic carbocycles. The molecule has 0 amide bonds. The number of nitrogens with zero attached hydrogens (tertiary/aromatic N) is 1. The summed E-state index contributed by atoms with van der Waals surface area (Å²) in [5.74, 6) is 0.